The van der Waals surface area contributed by atoms with Gasteiger partial charge in [0, 0.05) is 12.6 Å². The Kier molecular flexibility index (Phi) is 3.57. The van der Waals surface area contributed by atoms with E-state index in [2.05, 4.69) is 4.98 Å². The molecule has 1 unspecified atom stereocenters. The largest absolute Gasteiger partial charge is 0.390 e. The molecule has 18 heavy (non-hydrogen) atoms. The molecule has 1 aliphatic heterocycles. The molecule has 4 N–H and O–H groups in total. The zero-order valence-electron chi connectivity index (χ0n) is 9.10. The van der Waals surface area contributed by atoms with Gasteiger partial charge in [-0.05, 0) is 6.07 Å². The lowest BCUT2D eigenvalue weighted by atomic mass is 10.2. The van der Waals surface area contributed by atoms with Gasteiger partial charge < -0.3 is 14.9 Å². The summed E-state index contributed by atoms with van der Waals surface area (Å²) < 4.78 is 18.8. The predicted octanol–water partition coefficient (Wildman–Crippen LogP) is -1.02. The first-order valence-corrected chi connectivity index (χ1v) is 5.18. The van der Waals surface area contributed by atoms with Crippen LogP contribution in [0.4, 0.5) is 10.2 Å². The summed E-state index contributed by atoms with van der Waals surface area (Å²) in [6, 6.07) is 1.30. The highest BCUT2D eigenvalue weighted by molar-refractivity contribution is 5.28. The highest BCUT2D eigenvalue weighted by Gasteiger charge is 2.40. The predicted molar refractivity (Wildman–Crippen MR) is 55.6 cm³/mol. The van der Waals surface area contributed by atoms with E-state index in [0.29, 0.717) is 0 Å². The second-order valence-electron chi connectivity index (χ2n) is 3.85. The molecule has 0 bridgehead atoms. The summed E-state index contributed by atoms with van der Waals surface area (Å²) in [5, 5.41) is 26.8. The summed E-state index contributed by atoms with van der Waals surface area (Å²) in [5.41, 5.74) is 0.971. The van der Waals surface area contributed by atoms with Crippen LogP contribution >= 0.6 is 0 Å². The Morgan fingerprint density at radius 1 is 1.67 bits per heavy atom. The van der Waals surface area contributed by atoms with Crippen molar-refractivity contribution in [3.05, 3.63) is 22.7 Å². The van der Waals surface area contributed by atoms with Crippen LogP contribution < -0.4 is 11.2 Å². The highest BCUT2D eigenvalue weighted by Crippen LogP contribution is 2.29. The average Bonchev–Trinajstić information content (AvgIpc) is 2.71. The van der Waals surface area contributed by atoms with Crippen LogP contribution in [0.15, 0.2) is 17.1 Å². The molecular formula is C9H12FN3O5. The van der Waals surface area contributed by atoms with Crippen LogP contribution in [0, 0.1) is 0 Å². The van der Waals surface area contributed by atoms with Gasteiger partial charge in [-0.25, -0.2) is 9.18 Å². The highest BCUT2D eigenvalue weighted by atomic mass is 19.1. The summed E-state index contributed by atoms with van der Waals surface area (Å²) in [5.74, 6) is -0.0446. The molecular weight excluding hydrogens is 249 g/mol. The minimum absolute atomic E-state index is 0.0425. The topological polar surface area (TPSA) is 117 Å². The van der Waals surface area contributed by atoms with E-state index in [9.17, 15) is 14.3 Å². The number of aliphatic hydroxyl groups is 2. The number of aliphatic hydroxyl groups excluding tert-OH is 2. The Morgan fingerprint density at radius 2 is 2.39 bits per heavy atom. The number of alkyl halides is 1. The van der Waals surface area contributed by atoms with E-state index in [1.54, 1.807) is 5.48 Å². The van der Waals surface area contributed by atoms with E-state index < -0.39 is 30.5 Å². The quantitative estimate of drug-likeness (QED) is 0.514. The third-order valence-electron chi connectivity index (χ3n) is 2.66. The molecule has 0 saturated carbocycles. The molecule has 0 aromatic carbocycles. The second-order valence-corrected chi connectivity index (χ2v) is 3.85. The van der Waals surface area contributed by atoms with Crippen molar-refractivity contribution in [1.82, 2.24) is 9.55 Å². The zero-order chi connectivity index (χ0) is 13.3. The smallest absolute Gasteiger partial charge is 0.351 e. The van der Waals surface area contributed by atoms with E-state index >= 15 is 0 Å². The van der Waals surface area contributed by atoms with Crippen LogP contribution in [0.3, 0.4) is 0 Å². The van der Waals surface area contributed by atoms with Crippen LogP contribution in [0.2, 0.25) is 0 Å². The normalized spacial score (nSPS) is 29.2. The first-order valence-electron chi connectivity index (χ1n) is 5.18. The van der Waals surface area contributed by atoms with Gasteiger partial charge in [-0.1, -0.05) is 0 Å². The molecule has 1 fully saturated rings. The maximum absolute atomic E-state index is 12.7. The molecule has 0 amide bonds. The van der Waals surface area contributed by atoms with E-state index in [-0.39, 0.29) is 12.2 Å². The molecule has 1 aliphatic rings. The lowest BCUT2D eigenvalue weighted by Gasteiger charge is -2.16. The molecule has 8 nitrogen and oxygen atoms in total. The fraction of sp³-hybridized carbons (Fsp3) is 0.556. The van der Waals surface area contributed by atoms with Gasteiger partial charge >= 0.3 is 5.69 Å². The van der Waals surface area contributed by atoms with Gasteiger partial charge in [0.1, 0.15) is 12.3 Å². The minimum Gasteiger partial charge on any atom is -0.390 e. The number of rotatable bonds is 3. The van der Waals surface area contributed by atoms with Gasteiger partial charge in [0.15, 0.2) is 5.82 Å². The molecule has 2 heterocycles. The van der Waals surface area contributed by atoms with Crippen LogP contribution in [-0.2, 0) is 4.74 Å². The van der Waals surface area contributed by atoms with Crippen molar-refractivity contribution in [2.24, 2.45) is 0 Å². The molecule has 9 heteroatoms. The molecule has 4 atom stereocenters. The molecule has 100 valence electrons. The van der Waals surface area contributed by atoms with Gasteiger partial charge in [-0.3, -0.25) is 15.3 Å². The number of hydrogen-bond donors (Lipinski definition) is 4. The van der Waals surface area contributed by atoms with Crippen molar-refractivity contribution >= 4 is 5.82 Å². The van der Waals surface area contributed by atoms with Gasteiger partial charge in [-0.2, -0.15) is 4.98 Å². The maximum Gasteiger partial charge on any atom is 0.351 e. The monoisotopic (exact) mass is 261 g/mol. The number of nitrogens with one attached hydrogen (secondary N) is 1. The number of ether oxygens (including phenoxy) is 1. The summed E-state index contributed by atoms with van der Waals surface area (Å²) in [7, 11) is 0. The summed E-state index contributed by atoms with van der Waals surface area (Å²) in [4.78, 5) is 15.0. The first-order chi connectivity index (χ1) is 8.52. The Hall–Kier alpha value is -1.55. The van der Waals surface area contributed by atoms with Gasteiger partial charge in [0.2, 0.25) is 6.36 Å². The SMILES string of the molecule is O=c1nc(NO)ccn1[C@H]1C[C@H](O)[C@@H](C(O)F)O1. The molecule has 0 radical (unpaired) electrons. The van der Waals surface area contributed by atoms with Crippen molar-refractivity contribution in [2.75, 3.05) is 5.48 Å². The maximum atomic E-state index is 12.7. The fourth-order valence-electron chi connectivity index (χ4n) is 1.79. The number of nitrogens with zero attached hydrogens (tertiary/aromatic N) is 2. The third kappa shape index (κ3) is 2.34. The van der Waals surface area contributed by atoms with E-state index in [1.165, 1.54) is 12.3 Å². The van der Waals surface area contributed by atoms with Crippen molar-refractivity contribution in [3.8, 4) is 0 Å². The average molecular weight is 261 g/mol. The molecule has 2 rings (SSSR count). The number of hydrogen-bond acceptors (Lipinski definition) is 7. The fourth-order valence-corrected chi connectivity index (χ4v) is 1.79. The Bertz CT molecular complexity index is 480. The molecule has 0 aliphatic carbocycles. The number of halogens is 1. The zero-order valence-corrected chi connectivity index (χ0v) is 9.10. The molecule has 1 saturated heterocycles. The van der Waals surface area contributed by atoms with Gasteiger partial charge in [0.25, 0.3) is 0 Å². The summed E-state index contributed by atoms with van der Waals surface area (Å²) in [6.07, 6.45) is -4.61. The van der Waals surface area contributed by atoms with Gasteiger partial charge in [0.05, 0.1) is 6.10 Å². The van der Waals surface area contributed by atoms with Gasteiger partial charge in [-0.15, -0.1) is 0 Å². The number of aromatic nitrogens is 2. The van der Waals surface area contributed by atoms with E-state index in [4.69, 9.17) is 15.1 Å². The van der Waals surface area contributed by atoms with E-state index in [0.717, 1.165) is 4.57 Å². The molecule has 1 aromatic rings. The van der Waals surface area contributed by atoms with Crippen molar-refractivity contribution in [1.29, 1.82) is 0 Å². The third-order valence-corrected chi connectivity index (χ3v) is 2.66. The Labute approximate surface area is 100 Å². The molecule has 1 aromatic heterocycles. The van der Waals surface area contributed by atoms with E-state index in [1.807, 2.05) is 0 Å². The Morgan fingerprint density at radius 3 is 2.89 bits per heavy atom. The lowest BCUT2D eigenvalue weighted by molar-refractivity contribution is -0.130. The number of anilines is 1. The van der Waals surface area contributed by atoms with Crippen LogP contribution in [0.25, 0.3) is 0 Å². The Balaban J connectivity index is 2.21. The second kappa shape index (κ2) is 4.98. The van der Waals surface area contributed by atoms with Crippen molar-refractivity contribution in [2.45, 2.75) is 31.2 Å². The molecule has 0 spiro atoms. The summed E-state index contributed by atoms with van der Waals surface area (Å²) >= 11 is 0. The first kappa shape index (κ1) is 12.9. The lowest BCUT2D eigenvalue weighted by Crippen LogP contribution is -2.31. The summed E-state index contributed by atoms with van der Waals surface area (Å²) in [6.45, 7) is 0. The van der Waals surface area contributed by atoms with Crippen molar-refractivity contribution < 1.29 is 24.5 Å². The van der Waals surface area contributed by atoms with Crippen LogP contribution in [0.1, 0.15) is 12.6 Å². The van der Waals surface area contributed by atoms with Crippen molar-refractivity contribution in [3.63, 3.8) is 0 Å². The minimum atomic E-state index is -2.33. The van der Waals surface area contributed by atoms with Crippen LogP contribution in [-0.4, -0.2) is 43.5 Å². The standard InChI is InChI=1S/C9H12FN3O5/c10-8(15)7-4(14)3-6(18-7)13-2-1-5(12-17)11-9(13)16/h1-2,4,6-8,14-15,17H,3H2,(H,11,12,16)/t4-,6+,7-,8?/m0/s1. The van der Waals surface area contributed by atoms with Crippen LogP contribution in [0.5, 0.6) is 0 Å².